The lowest BCUT2D eigenvalue weighted by atomic mass is 10.1. The zero-order valence-electron chi connectivity index (χ0n) is 12.8. The third kappa shape index (κ3) is 4.21. The van der Waals surface area contributed by atoms with Crippen molar-refractivity contribution in [1.29, 1.82) is 5.26 Å². The number of alkyl halides is 3. The maximum atomic E-state index is 13.2. The maximum absolute atomic E-state index is 13.2. The Morgan fingerprint density at radius 2 is 1.77 bits per heavy atom. The minimum Gasteiger partial charge on any atom is -0.267 e. The topological polar surface area (TPSA) is 108 Å². The summed E-state index contributed by atoms with van der Waals surface area (Å²) in [6.07, 6.45) is -4.90. The molecule has 0 spiro atoms. The first-order chi connectivity index (χ1) is 12.2. The van der Waals surface area contributed by atoms with Gasteiger partial charge in [-0.1, -0.05) is 24.3 Å². The van der Waals surface area contributed by atoms with E-state index < -0.39 is 34.0 Å². The van der Waals surface area contributed by atoms with Gasteiger partial charge in [0.05, 0.1) is 16.6 Å². The van der Waals surface area contributed by atoms with Gasteiger partial charge in [0, 0.05) is 11.6 Å². The van der Waals surface area contributed by atoms with Gasteiger partial charge in [-0.2, -0.15) is 23.5 Å². The molecule has 1 N–H and O–H groups in total. The van der Waals surface area contributed by atoms with E-state index in [1.54, 1.807) is 11.5 Å². The van der Waals surface area contributed by atoms with Crippen molar-refractivity contribution in [3.05, 3.63) is 75.3 Å². The van der Waals surface area contributed by atoms with E-state index in [9.17, 15) is 28.1 Å². The number of benzene rings is 2. The van der Waals surface area contributed by atoms with Gasteiger partial charge in [0.15, 0.2) is 5.71 Å². The summed E-state index contributed by atoms with van der Waals surface area (Å²) in [6, 6.07) is 10.9. The fourth-order valence-electron chi connectivity index (χ4n) is 1.99. The van der Waals surface area contributed by atoms with Crippen LogP contribution < -0.4 is 5.43 Å². The van der Waals surface area contributed by atoms with Gasteiger partial charge in [-0.15, -0.1) is 0 Å². The van der Waals surface area contributed by atoms with E-state index in [-0.39, 0.29) is 11.1 Å². The van der Waals surface area contributed by atoms with Crippen LogP contribution in [0.4, 0.5) is 18.9 Å². The van der Waals surface area contributed by atoms with E-state index in [1.165, 1.54) is 24.3 Å². The SMILES string of the molecule is N#Cc1ccc(/C(=N/NC(=O)c2ccccc2[N+](=O)[O-])C(F)(F)F)cc1. The Hall–Kier alpha value is -3.74. The molecule has 0 aliphatic heterocycles. The Kier molecular flexibility index (Phi) is 5.32. The lowest BCUT2D eigenvalue weighted by molar-refractivity contribution is -0.385. The molecule has 2 aromatic rings. The number of carbonyl (C=O) groups excluding carboxylic acids is 1. The molecular formula is C16H9F3N4O3. The number of para-hydroxylation sites is 1. The first kappa shape index (κ1) is 18.6. The molecule has 0 aliphatic rings. The van der Waals surface area contributed by atoms with Crippen molar-refractivity contribution in [2.75, 3.05) is 0 Å². The van der Waals surface area contributed by atoms with Crippen molar-refractivity contribution in [1.82, 2.24) is 5.43 Å². The molecule has 1 amide bonds. The fourth-order valence-corrected chi connectivity index (χ4v) is 1.99. The highest BCUT2D eigenvalue weighted by Crippen LogP contribution is 2.23. The van der Waals surface area contributed by atoms with Gasteiger partial charge in [0.25, 0.3) is 11.6 Å². The molecule has 0 atom stereocenters. The molecule has 2 aromatic carbocycles. The zero-order chi connectivity index (χ0) is 19.3. The van der Waals surface area contributed by atoms with E-state index in [4.69, 9.17) is 5.26 Å². The number of halogens is 3. The molecule has 0 aromatic heterocycles. The summed E-state index contributed by atoms with van der Waals surface area (Å²) in [5.74, 6) is -1.16. The van der Waals surface area contributed by atoms with Gasteiger partial charge in [-0.3, -0.25) is 14.9 Å². The average molecular weight is 362 g/mol. The number of nitro groups is 1. The number of amides is 1. The van der Waals surface area contributed by atoms with Crippen LogP contribution in [0.15, 0.2) is 53.6 Å². The number of nitrogens with zero attached hydrogens (tertiary/aromatic N) is 3. The number of rotatable bonds is 4. The molecule has 7 nitrogen and oxygen atoms in total. The Morgan fingerprint density at radius 3 is 2.31 bits per heavy atom. The van der Waals surface area contributed by atoms with Crippen molar-refractivity contribution in [3.8, 4) is 6.07 Å². The predicted molar refractivity (Wildman–Crippen MR) is 84.3 cm³/mol. The number of nitriles is 1. The second-order valence-electron chi connectivity index (χ2n) is 4.86. The zero-order valence-corrected chi connectivity index (χ0v) is 12.8. The van der Waals surface area contributed by atoms with Crippen molar-refractivity contribution in [2.45, 2.75) is 6.18 Å². The van der Waals surface area contributed by atoms with E-state index in [0.717, 1.165) is 24.3 Å². The third-order valence-corrected chi connectivity index (χ3v) is 3.17. The van der Waals surface area contributed by atoms with E-state index >= 15 is 0 Å². The summed E-state index contributed by atoms with van der Waals surface area (Å²) >= 11 is 0. The number of hydrazone groups is 1. The quantitative estimate of drug-likeness (QED) is 0.512. The fraction of sp³-hybridized carbons (Fsp3) is 0.0625. The molecule has 2 rings (SSSR count). The number of hydrogen-bond acceptors (Lipinski definition) is 5. The Bertz CT molecular complexity index is 916. The van der Waals surface area contributed by atoms with Crippen LogP contribution in [0.2, 0.25) is 0 Å². The predicted octanol–water partition coefficient (Wildman–Crippen LogP) is 3.16. The number of nitro benzene ring substituents is 1. The molecule has 0 fully saturated rings. The van der Waals surface area contributed by atoms with Crippen molar-refractivity contribution in [3.63, 3.8) is 0 Å². The van der Waals surface area contributed by atoms with E-state index in [1.807, 2.05) is 0 Å². The Labute approximate surface area is 144 Å². The normalized spacial score (nSPS) is 11.5. The average Bonchev–Trinajstić information content (AvgIpc) is 2.61. The van der Waals surface area contributed by atoms with Crippen LogP contribution in [-0.4, -0.2) is 22.7 Å². The summed E-state index contributed by atoms with van der Waals surface area (Å²) in [5.41, 5.74) is -0.935. The lowest BCUT2D eigenvalue weighted by Gasteiger charge is -2.11. The first-order valence-electron chi connectivity index (χ1n) is 6.93. The minimum absolute atomic E-state index is 0.152. The lowest BCUT2D eigenvalue weighted by Crippen LogP contribution is -2.29. The van der Waals surface area contributed by atoms with Gasteiger partial charge in [-0.25, -0.2) is 5.43 Å². The number of carbonyl (C=O) groups is 1. The standard InChI is InChI=1S/C16H9F3N4O3/c17-16(18,19)14(11-7-5-10(9-20)6-8-11)21-22-15(24)12-3-1-2-4-13(12)23(25)26/h1-8H,(H,22,24)/b21-14-. The largest absolute Gasteiger partial charge is 0.435 e. The van der Waals surface area contributed by atoms with E-state index in [0.29, 0.717) is 0 Å². The molecule has 0 unspecified atom stereocenters. The van der Waals surface area contributed by atoms with Gasteiger partial charge in [-0.05, 0) is 18.2 Å². The molecule has 10 heteroatoms. The number of nitrogens with one attached hydrogen (secondary N) is 1. The summed E-state index contributed by atoms with van der Waals surface area (Å²) < 4.78 is 39.6. The van der Waals surface area contributed by atoms with Crippen LogP contribution in [0.25, 0.3) is 0 Å². The van der Waals surface area contributed by atoms with Crippen LogP contribution in [0.5, 0.6) is 0 Å². The molecule has 132 valence electrons. The summed E-state index contributed by atoms with van der Waals surface area (Å²) in [4.78, 5) is 22.1. The molecule has 0 aliphatic carbocycles. The van der Waals surface area contributed by atoms with Crippen LogP contribution >= 0.6 is 0 Å². The third-order valence-electron chi connectivity index (χ3n) is 3.17. The highest BCUT2D eigenvalue weighted by Gasteiger charge is 2.37. The van der Waals surface area contributed by atoms with Gasteiger partial charge >= 0.3 is 6.18 Å². The van der Waals surface area contributed by atoms with Crippen molar-refractivity contribution < 1.29 is 22.9 Å². The van der Waals surface area contributed by atoms with Crippen LogP contribution in [0.3, 0.4) is 0 Å². The minimum atomic E-state index is -4.90. The molecule has 0 bridgehead atoms. The summed E-state index contributed by atoms with van der Waals surface area (Å²) in [7, 11) is 0. The first-order valence-corrected chi connectivity index (χ1v) is 6.93. The van der Waals surface area contributed by atoms with E-state index in [2.05, 4.69) is 5.10 Å². The van der Waals surface area contributed by atoms with Gasteiger partial charge < -0.3 is 0 Å². The summed E-state index contributed by atoms with van der Waals surface area (Å²) in [6.45, 7) is 0. The van der Waals surface area contributed by atoms with Crippen molar-refractivity contribution in [2.24, 2.45) is 5.10 Å². The molecule has 0 saturated heterocycles. The summed E-state index contributed by atoms with van der Waals surface area (Å²) in [5, 5.41) is 22.7. The second-order valence-corrected chi connectivity index (χ2v) is 4.86. The van der Waals surface area contributed by atoms with Crippen LogP contribution in [0, 0.1) is 21.4 Å². The van der Waals surface area contributed by atoms with Crippen LogP contribution in [-0.2, 0) is 0 Å². The number of hydrogen-bond donors (Lipinski definition) is 1. The monoisotopic (exact) mass is 362 g/mol. The molecule has 0 saturated carbocycles. The van der Waals surface area contributed by atoms with Crippen molar-refractivity contribution >= 4 is 17.3 Å². The molecule has 0 radical (unpaired) electrons. The maximum Gasteiger partial charge on any atom is 0.435 e. The highest BCUT2D eigenvalue weighted by atomic mass is 19.4. The molecule has 26 heavy (non-hydrogen) atoms. The Morgan fingerprint density at radius 1 is 1.15 bits per heavy atom. The smallest absolute Gasteiger partial charge is 0.267 e. The van der Waals surface area contributed by atoms with Crippen LogP contribution in [0.1, 0.15) is 21.5 Å². The van der Waals surface area contributed by atoms with Gasteiger partial charge in [0.2, 0.25) is 0 Å². The second kappa shape index (κ2) is 7.43. The highest BCUT2D eigenvalue weighted by molar-refractivity contribution is 6.06. The molecule has 0 heterocycles. The Balaban J connectivity index is 2.36. The molecular weight excluding hydrogens is 353 g/mol. The van der Waals surface area contributed by atoms with Gasteiger partial charge in [0.1, 0.15) is 5.56 Å².